The summed E-state index contributed by atoms with van der Waals surface area (Å²) in [5.74, 6) is -1.22. The van der Waals surface area contributed by atoms with E-state index in [-0.39, 0.29) is 51.7 Å². The van der Waals surface area contributed by atoms with Crippen molar-refractivity contribution in [1.82, 2.24) is 14.9 Å². The maximum absolute atomic E-state index is 13.6. The Balaban J connectivity index is 1.43. The van der Waals surface area contributed by atoms with Gasteiger partial charge in [0, 0.05) is 24.9 Å². The molecule has 36 heavy (non-hydrogen) atoms. The lowest BCUT2D eigenvalue weighted by Crippen LogP contribution is -2.46. The van der Waals surface area contributed by atoms with Gasteiger partial charge in [0.1, 0.15) is 10.3 Å². The predicted molar refractivity (Wildman–Crippen MR) is 135 cm³/mol. The molecule has 1 saturated carbocycles. The number of benzene rings is 1. The minimum absolute atomic E-state index is 0.00224. The van der Waals surface area contributed by atoms with Crippen molar-refractivity contribution in [3.63, 3.8) is 0 Å². The summed E-state index contributed by atoms with van der Waals surface area (Å²) < 4.78 is 13.6. The number of carbonyl (C=O) groups is 3. The zero-order valence-electron chi connectivity index (χ0n) is 20.0. The van der Waals surface area contributed by atoms with Crippen LogP contribution in [-0.4, -0.2) is 38.5 Å². The van der Waals surface area contributed by atoms with E-state index in [1.165, 1.54) is 17.0 Å². The standard InChI is InChI=1S/C28H25BrFN3O3/c1-28(2)13-16(11-18(14-28)33-26(35)20-5-3-4-6-21(20)27(33)36)19-9-10-31-15-17(19)12-24(34)23-8-7-22(30)25(29)32-23/h3-10,15-16,18H,11-14H2,1-2H3/t16-,18+/m0/s1. The first kappa shape index (κ1) is 24.4. The summed E-state index contributed by atoms with van der Waals surface area (Å²) in [4.78, 5) is 49.1. The number of nitrogens with zero attached hydrogens (tertiary/aromatic N) is 3. The lowest BCUT2D eigenvalue weighted by Gasteiger charge is -2.43. The topological polar surface area (TPSA) is 80.2 Å². The second-order valence-electron chi connectivity index (χ2n) is 10.3. The molecular weight excluding hydrogens is 525 g/mol. The first-order valence-electron chi connectivity index (χ1n) is 11.9. The Bertz CT molecular complexity index is 1350. The van der Waals surface area contributed by atoms with E-state index < -0.39 is 5.82 Å². The van der Waals surface area contributed by atoms with E-state index in [0.29, 0.717) is 24.0 Å². The highest BCUT2D eigenvalue weighted by molar-refractivity contribution is 9.10. The largest absolute Gasteiger partial charge is 0.292 e. The number of aromatic nitrogens is 2. The monoisotopic (exact) mass is 549 g/mol. The molecule has 0 spiro atoms. The number of ketones is 1. The summed E-state index contributed by atoms with van der Waals surface area (Å²) in [6, 6.07) is 11.2. The fourth-order valence-electron chi connectivity index (χ4n) is 5.68. The highest BCUT2D eigenvalue weighted by atomic mass is 79.9. The van der Waals surface area contributed by atoms with Gasteiger partial charge in [-0.3, -0.25) is 24.3 Å². The Morgan fingerprint density at radius 1 is 1.08 bits per heavy atom. The van der Waals surface area contributed by atoms with Crippen molar-refractivity contribution in [3.8, 4) is 0 Å². The highest BCUT2D eigenvalue weighted by Crippen LogP contribution is 2.47. The number of pyridine rings is 2. The maximum Gasteiger partial charge on any atom is 0.261 e. The van der Waals surface area contributed by atoms with Crippen molar-refractivity contribution in [2.24, 2.45) is 5.41 Å². The number of Topliss-reactive ketones (excluding diaryl/α,β-unsaturated/α-hetero) is 1. The van der Waals surface area contributed by atoms with Crippen molar-refractivity contribution in [2.75, 3.05) is 0 Å². The van der Waals surface area contributed by atoms with Gasteiger partial charge in [0.05, 0.1) is 11.1 Å². The van der Waals surface area contributed by atoms with Gasteiger partial charge in [-0.05, 0) is 88.0 Å². The van der Waals surface area contributed by atoms with E-state index >= 15 is 0 Å². The molecule has 2 aliphatic rings. The first-order valence-corrected chi connectivity index (χ1v) is 12.7. The summed E-state index contributed by atoms with van der Waals surface area (Å²) in [5.41, 5.74) is 2.70. The number of imide groups is 1. The molecule has 0 radical (unpaired) electrons. The van der Waals surface area contributed by atoms with Crippen LogP contribution in [0.3, 0.4) is 0 Å². The van der Waals surface area contributed by atoms with Crippen LogP contribution in [0.1, 0.15) is 81.4 Å². The van der Waals surface area contributed by atoms with E-state index in [4.69, 9.17) is 0 Å². The number of hydrogen-bond acceptors (Lipinski definition) is 5. The third-order valence-corrected chi connectivity index (χ3v) is 7.71. The Kier molecular flexibility index (Phi) is 6.32. The zero-order chi connectivity index (χ0) is 25.6. The molecule has 1 aliphatic heterocycles. The van der Waals surface area contributed by atoms with Crippen LogP contribution in [0.15, 0.2) is 59.5 Å². The van der Waals surface area contributed by atoms with Gasteiger partial charge < -0.3 is 0 Å². The van der Waals surface area contributed by atoms with Gasteiger partial charge in [0.15, 0.2) is 11.6 Å². The number of fused-ring (bicyclic) bond motifs is 1. The Morgan fingerprint density at radius 2 is 1.78 bits per heavy atom. The number of carbonyl (C=O) groups excluding carboxylic acids is 3. The lowest BCUT2D eigenvalue weighted by molar-refractivity contribution is 0.0448. The molecular formula is C28H25BrFN3O3. The van der Waals surface area contributed by atoms with E-state index in [1.54, 1.807) is 36.7 Å². The van der Waals surface area contributed by atoms with Crippen LogP contribution in [0.5, 0.6) is 0 Å². The molecule has 1 fully saturated rings. The fraction of sp³-hybridized carbons (Fsp3) is 0.321. The molecule has 3 heterocycles. The molecule has 8 heteroatoms. The maximum atomic E-state index is 13.6. The van der Waals surface area contributed by atoms with Crippen molar-refractivity contribution >= 4 is 33.5 Å². The van der Waals surface area contributed by atoms with Crippen molar-refractivity contribution in [3.05, 3.63) is 93.2 Å². The molecule has 6 nitrogen and oxygen atoms in total. The molecule has 0 saturated heterocycles. The third kappa shape index (κ3) is 4.50. The average Bonchev–Trinajstić information content (AvgIpc) is 3.10. The second kappa shape index (κ2) is 9.32. The average molecular weight is 550 g/mol. The molecule has 3 aromatic rings. The fourth-order valence-corrected chi connectivity index (χ4v) is 6.00. The lowest BCUT2D eigenvalue weighted by atomic mass is 9.67. The summed E-state index contributed by atoms with van der Waals surface area (Å²) in [6.07, 6.45) is 5.63. The van der Waals surface area contributed by atoms with Crippen LogP contribution < -0.4 is 0 Å². The van der Waals surface area contributed by atoms with Crippen molar-refractivity contribution in [1.29, 1.82) is 0 Å². The quantitative estimate of drug-likeness (QED) is 0.229. The van der Waals surface area contributed by atoms with Crippen LogP contribution in [0.25, 0.3) is 0 Å². The van der Waals surface area contributed by atoms with Crippen molar-refractivity contribution in [2.45, 2.75) is 51.5 Å². The van der Waals surface area contributed by atoms with Crippen LogP contribution in [0.2, 0.25) is 0 Å². The molecule has 2 amide bonds. The van der Waals surface area contributed by atoms with Gasteiger partial charge in [-0.2, -0.15) is 0 Å². The number of rotatable bonds is 5. The molecule has 0 N–H and O–H groups in total. The first-order chi connectivity index (χ1) is 17.1. The van der Waals surface area contributed by atoms with Crippen LogP contribution in [-0.2, 0) is 6.42 Å². The highest BCUT2D eigenvalue weighted by Gasteiger charge is 2.45. The predicted octanol–water partition coefficient (Wildman–Crippen LogP) is 5.76. The normalized spacial score (nSPS) is 20.9. The van der Waals surface area contributed by atoms with Gasteiger partial charge in [-0.1, -0.05) is 26.0 Å². The molecule has 1 aliphatic carbocycles. The molecule has 0 unspecified atom stereocenters. The minimum atomic E-state index is -0.530. The number of hydrogen-bond donors (Lipinski definition) is 0. The molecule has 2 atom stereocenters. The van der Waals surface area contributed by atoms with Crippen LogP contribution in [0, 0.1) is 11.2 Å². The smallest absolute Gasteiger partial charge is 0.261 e. The van der Waals surface area contributed by atoms with Gasteiger partial charge in [0.25, 0.3) is 11.8 Å². The van der Waals surface area contributed by atoms with Crippen molar-refractivity contribution < 1.29 is 18.8 Å². The van der Waals surface area contributed by atoms with E-state index in [9.17, 15) is 18.8 Å². The Hall–Kier alpha value is -3.26. The van der Waals surface area contributed by atoms with E-state index in [0.717, 1.165) is 17.5 Å². The summed E-state index contributed by atoms with van der Waals surface area (Å²) in [7, 11) is 0. The minimum Gasteiger partial charge on any atom is -0.292 e. The van der Waals surface area contributed by atoms with Gasteiger partial charge >= 0.3 is 0 Å². The Morgan fingerprint density at radius 3 is 2.44 bits per heavy atom. The second-order valence-corrected chi connectivity index (χ2v) is 11.1. The molecule has 5 rings (SSSR count). The summed E-state index contributed by atoms with van der Waals surface area (Å²) >= 11 is 3.04. The van der Waals surface area contributed by atoms with Gasteiger partial charge in [0.2, 0.25) is 0 Å². The van der Waals surface area contributed by atoms with Crippen LogP contribution in [0.4, 0.5) is 4.39 Å². The third-order valence-electron chi connectivity index (χ3n) is 7.16. The van der Waals surface area contributed by atoms with Crippen LogP contribution >= 0.6 is 15.9 Å². The molecule has 184 valence electrons. The molecule has 0 bridgehead atoms. The van der Waals surface area contributed by atoms with Gasteiger partial charge in [-0.25, -0.2) is 9.37 Å². The zero-order valence-corrected chi connectivity index (χ0v) is 21.6. The number of amides is 2. The number of halogens is 2. The SMILES string of the molecule is CC1(C)C[C@@H](c2ccncc2CC(=O)c2ccc(F)c(Br)n2)C[C@@H](N2C(=O)c3ccccc3C2=O)C1. The molecule has 1 aromatic carbocycles. The molecule has 2 aromatic heterocycles. The van der Waals surface area contributed by atoms with E-state index in [2.05, 4.69) is 39.7 Å². The Labute approximate surface area is 217 Å². The van der Waals surface area contributed by atoms with E-state index in [1.807, 2.05) is 6.07 Å². The summed E-state index contributed by atoms with van der Waals surface area (Å²) in [6.45, 7) is 4.30. The van der Waals surface area contributed by atoms with Gasteiger partial charge in [-0.15, -0.1) is 0 Å². The summed E-state index contributed by atoms with van der Waals surface area (Å²) in [5, 5.41) is 0.